The van der Waals surface area contributed by atoms with Crippen molar-refractivity contribution in [2.24, 2.45) is 5.73 Å². The molecule has 0 aliphatic rings. The average molecular weight is 216 g/mol. The number of aryl methyl sites for hydroxylation is 1. The fourth-order valence-corrected chi connectivity index (χ4v) is 1.39. The first-order chi connectivity index (χ1) is 7.54. The van der Waals surface area contributed by atoms with Gasteiger partial charge in [-0.25, -0.2) is 0 Å². The first kappa shape index (κ1) is 12.3. The molecule has 84 valence electrons. The van der Waals surface area contributed by atoms with Gasteiger partial charge in [0, 0.05) is 25.2 Å². The summed E-state index contributed by atoms with van der Waals surface area (Å²) in [5.41, 5.74) is 7.82. The van der Waals surface area contributed by atoms with Crippen LogP contribution in [0, 0.1) is 18.8 Å². The van der Waals surface area contributed by atoms with Gasteiger partial charge in [0.05, 0.1) is 6.54 Å². The average Bonchev–Trinajstić information content (AvgIpc) is 2.24. The lowest BCUT2D eigenvalue weighted by molar-refractivity contribution is 0.0827. The highest BCUT2D eigenvalue weighted by Crippen LogP contribution is 2.10. The number of carbonyl (C=O) groups is 1. The molecule has 0 fully saturated rings. The van der Waals surface area contributed by atoms with Gasteiger partial charge in [-0.1, -0.05) is 11.8 Å². The summed E-state index contributed by atoms with van der Waals surface area (Å²) in [4.78, 5) is 13.3. The van der Waals surface area contributed by atoms with Gasteiger partial charge in [-0.15, -0.1) is 0 Å². The Kier molecular flexibility index (Phi) is 4.10. The maximum Gasteiger partial charge on any atom is 0.253 e. The fraction of sp³-hybridized carbons (Fsp3) is 0.308. The van der Waals surface area contributed by atoms with E-state index in [2.05, 4.69) is 11.8 Å². The molecule has 1 aromatic carbocycles. The topological polar surface area (TPSA) is 46.3 Å². The second-order valence-electron chi connectivity index (χ2n) is 3.79. The fourth-order valence-electron chi connectivity index (χ4n) is 1.39. The molecule has 2 N–H and O–H groups in total. The third-order valence-corrected chi connectivity index (χ3v) is 2.07. The van der Waals surface area contributed by atoms with E-state index in [1.165, 1.54) is 0 Å². The van der Waals surface area contributed by atoms with E-state index in [0.29, 0.717) is 12.1 Å². The minimum absolute atomic E-state index is 0.0144. The Balaban J connectivity index is 3.12. The Hall–Kier alpha value is -1.79. The summed E-state index contributed by atoms with van der Waals surface area (Å²) in [5, 5.41) is 0. The van der Waals surface area contributed by atoms with Gasteiger partial charge in [-0.3, -0.25) is 4.79 Å². The van der Waals surface area contributed by atoms with E-state index in [1.54, 1.807) is 25.1 Å². The van der Waals surface area contributed by atoms with Crippen molar-refractivity contribution >= 4 is 5.91 Å². The number of hydrogen-bond acceptors (Lipinski definition) is 2. The number of carbonyl (C=O) groups excluding carboxylic acids is 1. The molecule has 0 radical (unpaired) electrons. The van der Waals surface area contributed by atoms with Crippen LogP contribution in [0.2, 0.25) is 0 Å². The van der Waals surface area contributed by atoms with E-state index < -0.39 is 0 Å². The lowest BCUT2D eigenvalue weighted by Gasteiger charge is -2.11. The predicted octanol–water partition coefficient (Wildman–Crippen LogP) is 1.01. The SMILES string of the molecule is Cc1cc(C#CCN)cc(C(=O)N(C)C)c1. The number of rotatable bonds is 1. The van der Waals surface area contributed by atoms with E-state index >= 15 is 0 Å². The summed E-state index contributed by atoms with van der Waals surface area (Å²) in [6.45, 7) is 2.27. The highest BCUT2D eigenvalue weighted by molar-refractivity contribution is 5.94. The summed E-state index contributed by atoms with van der Waals surface area (Å²) in [6, 6.07) is 5.59. The van der Waals surface area contributed by atoms with Crippen LogP contribution < -0.4 is 5.73 Å². The molecule has 0 heterocycles. The summed E-state index contributed by atoms with van der Waals surface area (Å²) in [7, 11) is 3.46. The van der Waals surface area contributed by atoms with E-state index in [0.717, 1.165) is 11.1 Å². The third-order valence-electron chi connectivity index (χ3n) is 2.07. The second kappa shape index (κ2) is 5.34. The van der Waals surface area contributed by atoms with Gasteiger partial charge in [-0.2, -0.15) is 0 Å². The van der Waals surface area contributed by atoms with Gasteiger partial charge in [-0.05, 0) is 30.7 Å². The second-order valence-corrected chi connectivity index (χ2v) is 3.79. The van der Waals surface area contributed by atoms with Crippen LogP contribution in [0.4, 0.5) is 0 Å². The molecule has 0 aliphatic heterocycles. The minimum Gasteiger partial charge on any atom is -0.345 e. The van der Waals surface area contributed by atoms with Crippen molar-refractivity contribution in [2.75, 3.05) is 20.6 Å². The lowest BCUT2D eigenvalue weighted by atomic mass is 10.1. The largest absolute Gasteiger partial charge is 0.345 e. The van der Waals surface area contributed by atoms with E-state index in [9.17, 15) is 4.79 Å². The van der Waals surface area contributed by atoms with Crippen LogP contribution >= 0.6 is 0 Å². The maximum absolute atomic E-state index is 11.8. The highest BCUT2D eigenvalue weighted by atomic mass is 16.2. The number of nitrogens with two attached hydrogens (primary N) is 1. The van der Waals surface area contributed by atoms with Crippen molar-refractivity contribution in [3.8, 4) is 11.8 Å². The number of hydrogen-bond donors (Lipinski definition) is 1. The van der Waals surface area contributed by atoms with Crippen LogP contribution in [0.1, 0.15) is 21.5 Å². The van der Waals surface area contributed by atoms with Gasteiger partial charge < -0.3 is 10.6 Å². The van der Waals surface area contributed by atoms with Crippen molar-refractivity contribution in [1.82, 2.24) is 4.90 Å². The minimum atomic E-state index is -0.0144. The maximum atomic E-state index is 11.8. The van der Waals surface area contributed by atoms with Gasteiger partial charge in [0.15, 0.2) is 0 Å². The highest BCUT2D eigenvalue weighted by Gasteiger charge is 2.08. The van der Waals surface area contributed by atoms with Crippen molar-refractivity contribution < 1.29 is 4.79 Å². The predicted molar refractivity (Wildman–Crippen MR) is 65.1 cm³/mol. The molecule has 16 heavy (non-hydrogen) atoms. The molecule has 0 bridgehead atoms. The molecule has 0 aromatic heterocycles. The monoisotopic (exact) mass is 216 g/mol. The van der Waals surface area contributed by atoms with Crippen LogP contribution in [0.3, 0.4) is 0 Å². The third kappa shape index (κ3) is 3.11. The first-order valence-corrected chi connectivity index (χ1v) is 5.07. The molecule has 0 spiro atoms. The molecule has 0 atom stereocenters. The Morgan fingerprint density at radius 2 is 2.06 bits per heavy atom. The Morgan fingerprint density at radius 1 is 1.38 bits per heavy atom. The summed E-state index contributed by atoms with van der Waals surface area (Å²) in [5.74, 6) is 5.70. The lowest BCUT2D eigenvalue weighted by Crippen LogP contribution is -2.21. The molecule has 1 amide bonds. The van der Waals surface area contributed by atoms with Crippen LogP contribution in [-0.4, -0.2) is 31.4 Å². The molecule has 3 heteroatoms. The van der Waals surface area contributed by atoms with Crippen molar-refractivity contribution in [3.63, 3.8) is 0 Å². The molecule has 0 saturated heterocycles. The number of nitrogens with zero attached hydrogens (tertiary/aromatic N) is 1. The van der Waals surface area contributed by atoms with Crippen LogP contribution in [0.15, 0.2) is 18.2 Å². The normalized spacial score (nSPS) is 9.25. The zero-order chi connectivity index (χ0) is 12.1. The number of amides is 1. The number of benzene rings is 1. The van der Waals surface area contributed by atoms with Gasteiger partial charge in [0.1, 0.15) is 0 Å². The van der Waals surface area contributed by atoms with E-state index in [-0.39, 0.29) is 5.91 Å². The molecule has 0 saturated carbocycles. The molecule has 1 rings (SSSR count). The molecule has 3 nitrogen and oxygen atoms in total. The summed E-state index contributed by atoms with van der Waals surface area (Å²) < 4.78 is 0. The molecule has 0 unspecified atom stereocenters. The van der Waals surface area contributed by atoms with Crippen LogP contribution in [0.5, 0.6) is 0 Å². The smallest absolute Gasteiger partial charge is 0.253 e. The summed E-state index contributed by atoms with van der Waals surface area (Å²) in [6.07, 6.45) is 0. The molecule has 0 aliphatic carbocycles. The first-order valence-electron chi connectivity index (χ1n) is 5.07. The van der Waals surface area contributed by atoms with E-state index in [1.807, 2.05) is 19.1 Å². The zero-order valence-electron chi connectivity index (χ0n) is 9.87. The zero-order valence-corrected chi connectivity index (χ0v) is 9.87. The van der Waals surface area contributed by atoms with Gasteiger partial charge >= 0.3 is 0 Å². The Bertz CT molecular complexity index is 453. The van der Waals surface area contributed by atoms with Crippen LogP contribution in [0.25, 0.3) is 0 Å². The van der Waals surface area contributed by atoms with Gasteiger partial charge in [0.2, 0.25) is 0 Å². The van der Waals surface area contributed by atoms with E-state index in [4.69, 9.17) is 5.73 Å². The summed E-state index contributed by atoms with van der Waals surface area (Å²) >= 11 is 0. The molecular weight excluding hydrogens is 200 g/mol. The van der Waals surface area contributed by atoms with Crippen molar-refractivity contribution in [2.45, 2.75) is 6.92 Å². The van der Waals surface area contributed by atoms with Crippen molar-refractivity contribution in [1.29, 1.82) is 0 Å². The molecule has 1 aromatic rings. The Labute approximate surface area is 96.2 Å². The molecular formula is C13H16N2O. The quantitative estimate of drug-likeness (QED) is 0.712. The van der Waals surface area contributed by atoms with Gasteiger partial charge in [0.25, 0.3) is 5.91 Å². The standard InChI is InChI=1S/C13H16N2O/c1-10-7-11(5-4-6-14)9-12(8-10)13(16)15(2)3/h7-9H,6,14H2,1-3H3. The van der Waals surface area contributed by atoms with Crippen LogP contribution in [-0.2, 0) is 0 Å². The Morgan fingerprint density at radius 3 is 2.62 bits per heavy atom. The van der Waals surface area contributed by atoms with Crippen molar-refractivity contribution in [3.05, 3.63) is 34.9 Å².